The first-order chi connectivity index (χ1) is 13.6. The molecule has 2 heterocycles. The quantitative estimate of drug-likeness (QED) is 0.618. The van der Waals surface area contributed by atoms with Crippen LogP contribution < -0.4 is 0 Å². The van der Waals surface area contributed by atoms with E-state index in [0.717, 1.165) is 42.7 Å². The smallest absolute Gasteiger partial charge is 0.240 e. The summed E-state index contributed by atoms with van der Waals surface area (Å²) in [7, 11) is 0. The summed E-state index contributed by atoms with van der Waals surface area (Å²) in [5.74, 6) is 0.129. The molecule has 0 bridgehead atoms. The van der Waals surface area contributed by atoms with Crippen molar-refractivity contribution in [2.75, 3.05) is 13.1 Å². The zero-order chi connectivity index (χ0) is 19.5. The monoisotopic (exact) mass is 393 g/mol. The standard InChI is InChI=1S/C21H23N5OS/c1-15-9-8-12-18(16(15)2)26-21(22-23-24-26)28-19(17-10-4-3-5-11-17)20(27)25-13-6-7-14-25/h3-5,8-12,19H,6-7,13-14H2,1-2H3/t19-/m0/s1. The van der Waals surface area contributed by atoms with Crippen LogP contribution >= 0.6 is 11.8 Å². The van der Waals surface area contributed by atoms with E-state index in [-0.39, 0.29) is 11.2 Å². The molecule has 0 aliphatic carbocycles. The van der Waals surface area contributed by atoms with Gasteiger partial charge in [0, 0.05) is 13.1 Å². The molecule has 28 heavy (non-hydrogen) atoms. The molecule has 4 rings (SSSR count). The van der Waals surface area contributed by atoms with E-state index in [2.05, 4.69) is 35.4 Å². The second kappa shape index (κ2) is 8.14. The maximum Gasteiger partial charge on any atom is 0.240 e. The number of carbonyl (C=O) groups is 1. The summed E-state index contributed by atoms with van der Waals surface area (Å²) in [5.41, 5.74) is 4.21. The molecule has 1 saturated heterocycles. The molecule has 3 aromatic rings. The van der Waals surface area contributed by atoms with Crippen LogP contribution in [0.15, 0.2) is 53.7 Å². The van der Waals surface area contributed by atoms with E-state index in [1.54, 1.807) is 4.68 Å². The molecule has 1 atom stereocenters. The van der Waals surface area contributed by atoms with Crippen molar-refractivity contribution >= 4 is 17.7 Å². The van der Waals surface area contributed by atoms with Crippen molar-refractivity contribution in [1.29, 1.82) is 0 Å². The van der Waals surface area contributed by atoms with Crippen LogP contribution in [0.2, 0.25) is 0 Å². The van der Waals surface area contributed by atoms with Crippen molar-refractivity contribution in [1.82, 2.24) is 25.1 Å². The minimum atomic E-state index is -0.367. The lowest BCUT2D eigenvalue weighted by atomic mass is 10.1. The van der Waals surface area contributed by atoms with Gasteiger partial charge in [-0.3, -0.25) is 4.79 Å². The van der Waals surface area contributed by atoms with E-state index in [4.69, 9.17) is 0 Å². The highest BCUT2D eigenvalue weighted by atomic mass is 32.2. The fourth-order valence-corrected chi connectivity index (χ4v) is 4.54. The van der Waals surface area contributed by atoms with Gasteiger partial charge in [0.2, 0.25) is 11.1 Å². The van der Waals surface area contributed by atoms with Crippen molar-refractivity contribution in [3.63, 3.8) is 0 Å². The van der Waals surface area contributed by atoms with Crippen LogP contribution in [0.1, 0.15) is 34.8 Å². The molecule has 6 nitrogen and oxygen atoms in total. The summed E-state index contributed by atoms with van der Waals surface area (Å²) < 4.78 is 1.74. The number of thioether (sulfide) groups is 1. The minimum absolute atomic E-state index is 0.129. The van der Waals surface area contributed by atoms with Crippen molar-refractivity contribution in [3.8, 4) is 5.69 Å². The molecule has 144 valence electrons. The molecule has 1 aromatic heterocycles. The number of carbonyl (C=O) groups excluding carboxylic acids is 1. The Morgan fingerprint density at radius 3 is 2.54 bits per heavy atom. The number of nitrogens with zero attached hydrogens (tertiary/aromatic N) is 5. The maximum absolute atomic E-state index is 13.3. The molecule has 0 saturated carbocycles. The summed E-state index contributed by atoms with van der Waals surface area (Å²) >= 11 is 1.42. The summed E-state index contributed by atoms with van der Waals surface area (Å²) in [6.45, 7) is 5.78. The third-order valence-electron chi connectivity index (χ3n) is 5.21. The lowest BCUT2D eigenvalue weighted by Crippen LogP contribution is -2.31. The number of likely N-dealkylation sites (tertiary alicyclic amines) is 1. The normalized spacial score (nSPS) is 15.0. The van der Waals surface area contributed by atoms with Gasteiger partial charge >= 0.3 is 0 Å². The van der Waals surface area contributed by atoms with Gasteiger partial charge in [-0.2, -0.15) is 4.68 Å². The zero-order valence-electron chi connectivity index (χ0n) is 16.1. The second-order valence-corrected chi connectivity index (χ2v) is 8.11. The Labute approximate surface area is 168 Å². The van der Waals surface area contributed by atoms with Gasteiger partial charge in [0.05, 0.1) is 5.69 Å². The fraction of sp³-hybridized carbons (Fsp3) is 0.333. The van der Waals surface area contributed by atoms with E-state index in [1.165, 1.54) is 17.3 Å². The number of rotatable bonds is 5. The third-order valence-corrected chi connectivity index (χ3v) is 6.39. The first-order valence-electron chi connectivity index (χ1n) is 9.50. The van der Waals surface area contributed by atoms with Gasteiger partial charge in [0.25, 0.3) is 0 Å². The molecule has 0 N–H and O–H groups in total. The van der Waals surface area contributed by atoms with Crippen molar-refractivity contribution < 1.29 is 4.79 Å². The molecular weight excluding hydrogens is 370 g/mol. The maximum atomic E-state index is 13.3. The Morgan fingerprint density at radius 1 is 1.04 bits per heavy atom. The zero-order valence-corrected chi connectivity index (χ0v) is 16.9. The largest absolute Gasteiger partial charge is 0.341 e. The first kappa shape index (κ1) is 18.7. The SMILES string of the molecule is Cc1cccc(-n2nnnc2S[C@H](C(=O)N2CCCC2)c2ccccc2)c1C. The van der Waals surface area contributed by atoms with E-state index in [0.29, 0.717) is 5.16 Å². The second-order valence-electron chi connectivity index (χ2n) is 7.03. The summed E-state index contributed by atoms with van der Waals surface area (Å²) in [4.78, 5) is 15.2. The van der Waals surface area contributed by atoms with Crippen LogP contribution in [-0.4, -0.2) is 44.1 Å². The van der Waals surface area contributed by atoms with Crippen LogP contribution in [-0.2, 0) is 4.79 Å². The summed E-state index contributed by atoms with van der Waals surface area (Å²) in [5, 5.41) is 12.6. The number of tetrazole rings is 1. The topological polar surface area (TPSA) is 63.9 Å². The lowest BCUT2D eigenvalue weighted by Gasteiger charge is -2.22. The predicted octanol–water partition coefficient (Wildman–Crippen LogP) is 3.73. The molecule has 0 spiro atoms. The highest BCUT2D eigenvalue weighted by molar-refractivity contribution is 8.00. The Kier molecular flexibility index (Phi) is 5.43. The molecule has 2 aromatic carbocycles. The molecular formula is C21H23N5OS. The number of aryl methyl sites for hydroxylation is 1. The lowest BCUT2D eigenvalue weighted by molar-refractivity contribution is -0.129. The van der Waals surface area contributed by atoms with Crippen LogP contribution in [0.4, 0.5) is 0 Å². The van der Waals surface area contributed by atoms with Gasteiger partial charge in [-0.1, -0.05) is 54.2 Å². The fourth-order valence-electron chi connectivity index (χ4n) is 3.47. The van der Waals surface area contributed by atoms with Crippen LogP contribution in [0, 0.1) is 13.8 Å². The highest BCUT2D eigenvalue weighted by Crippen LogP contribution is 2.37. The number of hydrogen-bond donors (Lipinski definition) is 0. The first-order valence-corrected chi connectivity index (χ1v) is 10.4. The van der Waals surface area contributed by atoms with Crippen molar-refractivity contribution in [2.24, 2.45) is 0 Å². The number of benzene rings is 2. The van der Waals surface area contributed by atoms with E-state index >= 15 is 0 Å². The summed E-state index contributed by atoms with van der Waals surface area (Å²) in [6, 6.07) is 16.0. The van der Waals surface area contributed by atoms with Gasteiger partial charge in [-0.05, 0) is 59.9 Å². The molecule has 1 fully saturated rings. The number of hydrogen-bond acceptors (Lipinski definition) is 5. The highest BCUT2D eigenvalue weighted by Gasteiger charge is 2.30. The Hall–Kier alpha value is -2.67. The van der Waals surface area contributed by atoms with Crippen LogP contribution in [0.3, 0.4) is 0 Å². The minimum Gasteiger partial charge on any atom is -0.341 e. The molecule has 1 aliphatic rings. The van der Waals surface area contributed by atoms with Gasteiger partial charge in [0.15, 0.2) is 0 Å². The molecule has 7 heteroatoms. The molecule has 0 radical (unpaired) electrons. The van der Waals surface area contributed by atoms with Gasteiger partial charge in [-0.25, -0.2) is 0 Å². The van der Waals surface area contributed by atoms with Gasteiger partial charge in [-0.15, -0.1) is 5.10 Å². The average Bonchev–Trinajstić information content (AvgIpc) is 3.40. The van der Waals surface area contributed by atoms with Crippen molar-refractivity contribution in [3.05, 3.63) is 65.2 Å². The molecule has 0 unspecified atom stereocenters. The Balaban J connectivity index is 1.69. The predicted molar refractivity (Wildman–Crippen MR) is 109 cm³/mol. The van der Waals surface area contributed by atoms with Crippen LogP contribution in [0.25, 0.3) is 5.69 Å². The molecule has 1 aliphatic heterocycles. The van der Waals surface area contributed by atoms with E-state index in [1.807, 2.05) is 47.4 Å². The van der Waals surface area contributed by atoms with Crippen LogP contribution in [0.5, 0.6) is 0 Å². The number of amides is 1. The molecule has 1 amide bonds. The number of aromatic nitrogens is 4. The third kappa shape index (κ3) is 3.67. The van der Waals surface area contributed by atoms with Crippen molar-refractivity contribution in [2.45, 2.75) is 37.1 Å². The van der Waals surface area contributed by atoms with Gasteiger partial charge in [0.1, 0.15) is 5.25 Å². The van der Waals surface area contributed by atoms with E-state index < -0.39 is 0 Å². The average molecular weight is 394 g/mol. The van der Waals surface area contributed by atoms with E-state index in [9.17, 15) is 4.79 Å². The summed E-state index contributed by atoms with van der Waals surface area (Å²) in [6.07, 6.45) is 2.14. The Morgan fingerprint density at radius 2 is 1.79 bits per heavy atom. The Bertz CT molecular complexity index is 966. The van der Waals surface area contributed by atoms with Gasteiger partial charge < -0.3 is 4.90 Å².